The van der Waals surface area contributed by atoms with Gasteiger partial charge in [-0.15, -0.1) is 0 Å². The molecule has 1 aromatic carbocycles. The summed E-state index contributed by atoms with van der Waals surface area (Å²) >= 11 is 0. The van der Waals surface area contributed by atoms with E-state index in [0.29, 0.717) is 6.54 Å². The van der Waals surface area contributed by atoms with Crippen LogP contribution in [0.3, 0.4) is 0 Å². The Morgan fingerprint density at radius 2 is 2.06 bits per heavy atom. The maximum absolute atomic E-state index is 11.5. The lowest BCUT2D eigenvalue weighted by Gasteiger charge is -2.09. The molecule has 18 heavy (non-hydrogen) atoms. The topological polar surface area (TPSA) is 46.1 Å². The fourth-order valence-corrected chi connectivity index (χ4v) is 2.06. The van der Waals surface area contributed by atoms with Crippen molar-refractivity contribution in [1.82, 2.24) is 15.2 Å². The van der Waals surface area contributed by atoms with Gasteiger partial charge in [0.25, 0.3) is 0 Å². The first-order chi connectivity index (χ1) is 8.58. The van der Waals surface area contributed by atoms with Gasteiger partial charge in [-0.25, -0.2) is 4.79 Å². The number of hydrogen-bond donors (Lipinski definition) is 2. The van der Waals surface area contributed by atoms with Crippen molar-refractivity contribution in [2.45, 2.75) is 26.4 Å². The second-order valence-electron chi connectivity index (χ2n) is 4.76. The van der Waals surface area contributed by atoms with Gasteiger partial charge < -0.3 is 15.2 Å². The SMILES string of the molecule is CC(C)NC(=O)NCc1cn(C)c2ccccc12. The normalized spacial score (nSPS) is 10.9. The van der Waals surface area contributed by atoms with E-state index >= 15 is 0 Å². The Labute approximate surface area is 107 Å². The van der Waals surface area contributed by atoms with Gasteiger partial charge in [0.05, 0.1) is 0 Å². The zero-order valence-corrected chi connectivity index (χ0v) is 11.0. The molecule has 0 radical (unpaired) electrons. The highest BCUT2D eigenvalue weighted by molar-refractivity contribution is 5.84. The highest BCUT2D eigenvalue weighted by Crippen LogP contribution is 2.19. The summed E-state index contributed by atoms with van der Waals surface area (Å²) in [6, 6.07) is 8.21. The van der Waals surface area contributed by atoms with Crippen LogP contribution < -0.4 is 10.6 Å². The molecule has 0 aliphatic heterocycles. The van der Waals surface area contributed by atoms with Crippen LogP contribution in [0.25, 0.3) is 10.9 Å². The standard InChI is InChI=1S/C14H19N3O/c1-10(2)16-14(18)15-8-11-9-17(3)13-7-5-4-6-12(11)13/h4-7,9-10H,8H2,1-3H3,(H2,15,16,18). The Morgan fingerprint density at radius 1 is 1.33 bits per heavy atom. The lowest BCUT2D eigenvalue weighted by Crippen LogP contribution is -2.38. The molecule has 96 valence electrons. The number of carbonyl (C=O) groups is 1. The lowest BCUT2D eigenvalue weighted by molar-refractivity contribution is 0.238. The van der Waals surface area contributed by atoms with E-state index in [1.807, 2.05) is 33.0 Å². The van der Waals surface area contributed by atoms with Gasteiger partial charge in [0, 0.05) is 36.7 Å². The second-order valence-corrected chi connectivity index (χ2v) is 4.76. The Morgan fingerprint density at radius 3 is 2.78 bits per heavy atom. The van der Waals surface area contributed by atoms with Gasteiger partial charge in [-0.05, 0) is 25.5 Å². The van der Waals surface area contributed by atoms with E-state index in [2.05, 4.69) is 33.5 Å². The molecule has 1 aromatic heterocycles. The van der Waals surface area contributed by atoms with Crippen molar-refractivity contribution in [2.24, 2.45) is 7.05 Å². The van der Waals surface area contributed by atoms with Gasteiger partial charge in [-0.2, -0.15) is 0 Å². The first-order valence-electron chi connectivity index (χ1n) is 6.15. The maximum Gasteiger partial charge on any atom is 0.315 e. The molecule has 1 heterocycles. The zero-order valence-electron chi connectivity index (χ0n) is 11.0. The molecule has 0 aliphatic rings. The van der Waals surface area contributed by atoms with E-state index in [4.69, 9.17) is 0 Å². The number of benzene rings is 1. The van der Waals surface area contributed by atoms with Crippen LogP contribution in [0, 0.1) is 0 Å². The third-order valence-corrected chi connectivity index (χ3v) is 2.84. The number of carbonyl (C=O) groups excluding carboxylic acids is 1. The van der Waals surface area contributed by atoms with Gasteiger partial charge in [0.1, 0.15) is 0 Å². The number of fused-ring (bicyclic) bond motifs is 1. The highest BCUT2D eigenvalue weighted by Gasteiger charge is 2.07. The van der Waals surface area contributed by atoms with E-state index < -0.39 is 0 Å². The Hall–Kier alpha value is -1.97. The van der Waals surface area contributed by atoms with Crippen LogP contribution in [0.4, 0.5) is 4.79 Å². The molecular formula is C14H19N3O. The number of aryl methyl sites for hydroxylation is 1. The van der Waals surface area contributed by atoms with Crippen LogP contribution in [0.5, 0.6) is 0 Å². The fraction of sp³-hybridized carbons (Fsp3) is 0.357. The molecule has 2 rings (SSSR count). The van der Waals surface area contributed by atoms with Crippen LogP contribution in [0.15, 0.2) is 30.5 Å². The van der Waals surface area contributed by atoms with Crippen molar-refractivity contribution >= 4 is 16.9 Å². The summed E-state index contributed by atoms with van der Waals surface area (Å²) in [7, 11) is 2.01. The molecule has 0 atom stereocenters. The molecule has 0 saturated heterocycles. The summed E-state index contributed by atoms with van der Waals surface area (Å²) in [5, 5.41) is 6.87. The van der Waals surface area contributed by atoms with Gasteiger partial charge >= 0.3 is 6.03 Å². The van der Waals surface area contributed by atoms with Gasteiger partial charge in [-0.1, -0.05) is 18.2 Å². The number of para-hydroxylation sites is 1. The van der Waals surface area contributed by atoms with Gasteiger partial charge in [0.15, 0.2) is 0 Å². The first kappa shape index (κ1) is 12.5. The molecule has 0 bridgehead atoms. The van der Waals surface area contributed by atoms with Crippen molar-refractivity contribution in [3.05, 3.63) is 36.0 Å². The van der Waals surface area contributed by atoms with E-state index in [1.165, 1.54) is 10.9 Å². The van der Waals surface area contributed by atoms with E-state index in [1.54, 1.807) is 0 Å². The second kappa shape index (κ2) is 5.12. The predicted octanol–water partition coefficient (Wildman–Crippen LogP) is 2.39. The number of hydrogen-bond acceptors (Lipinski definition) is 1. The van der Waals surface area contributed by atoms with Crippen LogP contribution >= 0.6 is 0 Å². The number of aromatic nitrogens is 1. The van der Waals surface area contributed by atoms with Crippen molar-refractivity contribution in [3.63, 3.8) is 0 Å². The fourth-order valence-electron chi connectivity index (χ4n) is 2.06. The average Bonchev–Trinajstić information content (AvgIpc) is 2.64. The molecule has 2 amide bonds. The van der Waals surface area contributed by atoms with Crippen molar-refractivity contribution in [3.8, 4) is 0 Å². The van der Waals surface area contributed by atoms with Crippen molar-refractivity contribution < 1.29 is 4.79 Å². The summed E-state index contributed by atoms with van der Waals surface area (Å²) in [6.07, 6.45) is 2.06. The molecule has 4 nitrogen and oxygen atoms in total. The molecular weight excluding hydrogens is 226 g/mol. The minimum atomic E-state index is -0.127. The third kappa shape index (κ3) is 2.64. The Kier molecular flexibility index (Phi) is 3.55. The highest BCUT2D eigenvalue weighted by atomic mass is 16.2. The Bertz CT molecular complexity index is 557. The van der Waals surface area contributed by atoms with Crippen LogP contribution in [0.1, 0.15) is 19.4 Å². The summed E-state index contributed by atoms with van der Waals surface area (Å²) in [5.41, 5.74) is 2.31. The number of amides is 2. The van der Waals surface area contributed by atoms with E-state index in [-0.39, 0.29) is 12.1 Å². The van der Waals surface area contributed by atoms with Gasteiger partial charge in [0.2, 0.25) is 0 Å². The van der Waals surface area contributed by atoms with Crippen molar-refractivity contribution in [1.29, 1.82) is 0 Å². The zero-order chi connectivity index (χ0) is 13.1. The quantitative estimate of drug-likeness (QED) is 0.857. The van der Waals surface area contributed by atoms with Crippen molar-refractivity contribution in [2.75, 3.05) is 0 Å². The molecule has 0 saturated carbocycles. The Balaban J connectivity index is 2.10. The van der Waals surface area contributed by atoms with Crippen LogP contribution in [0.2, 0.25) is 0 Å². The van der Waals surface area contributed by atoms with E-state index in [9.17, 15) is 4.79 Å². The number of nitrogens with one attached hydrogen (secondary N) is 2. The predicted molar refractivity (Wildman–Crippen MR) is 73.4 cm³/mol. The monoisotopic (exact) mass is 245 g/mol. The minimum Gasteiger partial charge on any atom is -0.350 e. The number of rotatable bonds is 3. The molecule has 0 fully saturated rings. The summed E-state index contributed by atoms with van der Waals surface area (Å²) in [6.45, 7) is 4.43. The lowest BCUT2D eigenvalue weighted by atomic mass is 10.2. The van der Waals surface area contributed by atoms with Gasteiger partial charge in [-0.3, -0.25) is 0 Å². The smallest absolute Gasteiger partial charge is 0.315 e. The first-order valence-corrected chi connectivity index (χ1v) is 6.15. The summed E-state index contributed by atoms with van der Waals surface area (Å²) in [5.74, 6) is 0. The molecule has 0 aliphatic carbocycles. The van der Waals surface area contributed by atoms with E-state index in [0.717, 1.165) is 5.56 Å². The molecule has 4 heteroatoms. The minimum absolute atomic E-state index is 0.127. The maximum atomic E-state index is 11.5. The largest absolute Gasteiger partial charge is 0.350 e. The number of urea groups is 1. The molecule has 2 N–H and O–H groups in total. The number of nitrogens with zero attached hydrogens (tertiary/aromatic N) is 1. The third-order valence-electron chi connectivity index (χ3n) is 2.84. The average molecular weight is 245 g/mol. The summed E-state index contributed by atoms with van der Waals surface area (Å²) in [4.78, 5) is 11.5. The molecule has 0 unspecified atom stereocenters. The summed E-state index contributed by atoms with van der Waals surface area (Å²) < 4.78 is 2.08. The van der Waals surface area contributed by atoms with Crippen LogP contribution in [-0.4, -0.2) is 16.6 Å². The van der Waals surface area contributed by atoms with Crippen LogP contribution in [-0.2, 0) is 13.6 Å². The molecule has 2 aromatic rings. The molecule has 0 spiro atoms.